The van der Waals surface area contributed by atoms with Crippen molar-refractivity contribution in [1.29, 1.82) is 0 Å². The zero-order valence-electron chi connectivity index (χ0n) is 12.9. The van der Waals surface area contributed by atoms with Gasteiger partial charge in [0.1, 0.15) is 11.4 Å². The van der Waals surface area contributed by atoms with E-state index in [1.54, 1.807) is 18.0 Å². The highest BCUT2D eigenvalue weighted by atomic mass is 16.5. The summed E-state index contributed by atoms with van der Waals surface area (Å²) in [5, 5.41) is 4.19. The van der Waals surface area contributed by atoms with Crippen LogP contribution in [-0.4, -0.2) is 23.5 Å². The lowest BCUT2D eigenvalue weighted by atomic mass is 10.0. The molecule has 0 radical (unpaired) electrons. The van der Waals surface area contributed by atoms with E-state index in [4.69, 9.17) is 15.2 Å². The molecular weight excluding hydrogens is 266 g/mol. The summed E-state index contributed by atoms with van der Waals surface area (Å²) in [6.45, 7) is 2.89. The minimum atomic E-state index is -0.280. The van der Waals surface area contributed by atoms with Gasteiger partial charge in [0, 0.05) is 7.05 Å². The summed E-state index contributed by atoms with van der Waals surface area (Å²) in [5.74, 6) is 1.57. The van der Waals surface area contributed by atoms with Crippen LogP contribution in [0.1, 0.15) is 37.1 Å². The molecule has 1 heterocycles. The van der Waals surface area contributed by atoms with Gasteiger partial charge in [-0.25, -0.2) is 0 Å². The molecule has 0 aliphatic heterocycles. The molecule has 2 N–H and O–H groups in total. The van der Waals surface area contributed by atoms with Crippen LogP contribution in [0.15, 0.2) is 30.5 Å². The maximum atomic E-state index is 6.33. The van der Waals surface area contributed by atoms with E-state index in [-0.39, 0.29) is 6.04 Å². The molecule has 1 aromatic carbocycles. The molecule has 0 amide bonds. The number of rotatable bonds is 7. The molecule has 0 bridgehead atoms. The smallest absolute Gasteiger partial charge is 0.161 e. The van der Waals surface area contributed by atoms with Gasteiger partial charge in [0.15, 0.2) is 5.75 Å². The average molecular weight is 289 g/mol. The monoisotopic (exact) mass is 289 g/mol. The van der Waals surface area contributed by atoms with E-state index in [0.717, 1.165) is 36.5 Å². The molecule has 0 aliphatic carbocycles. The molecule has 0 saturated carbocycles. The number of methoxy groups -OCH3 is 1. The first-order valence-electron chi connectivity index (χ1n) is 7.21. The lowest BCUT2D eigenvalue weighted by Crippen LogP contribution is -2.16. The number of nitrogens with zero attached hydrogens (tertiary/aromatic N) is 2. The van der Waals surface area contributed by atoms with Crippen molar-refractivity contribution in [2.75, 3.05) is 13.7 Å². The van der Waals surface area contributed by atoms with Crippen molar-refractivity contribution in [3.63, 3.8) is 0 Å². The van der Waals surface area contributed by atoms with Gasteiger partial charge in [-0.15, -0.1) is 0 Å². The first-order valence-corrected chi connectivity index (χ1v) is 7.21. The lowest BCUT2D eigenvalue weighted by molar-refractivity contribution is 0.309. The topological polar surface area (TPSA) is 62.3 Å². The Labute approximate surface area is 125 Å². The largest absolute Gasteiger partial charge is 0.494 e. The van der Waals surface area contributed by atoms with Crippen LogP contribution in [0.3, 0.4) is 0 Å². The molecule has 0 saturated heterocycles. The second-order valence-electron chi connectivity index (χ2n) is 4.97. The average Bonchev–Trinajstić information content (AvgIpc) is 2.88. The molecule has 5 heteroatoms. The molecule has 2 rings (SSSR count). The number of ether oxygens (including phenoxy) is 2. The van der Waals surface area contributed by atoms with Gasteiger partial charge >= 0.3 is 0 Å². The second-order valence-corrected chi connectivity index (χ2v) is 4.97. The first kappa shape index (κ1) is 15.4. The normalized spacial score (nSPS) is 12.2. The number of aryl methyl sites for hydroxylation is 1. The van der Waals surface area contributed by atoms with Gasteiger partial charge in [0.05, 0.1) is 26.0 Å². The number of hydrogen-bond acceptors (Lipinski definition) is 4. The molecule has 5 nitrogen and oxygen atoms in total. The summed E-state index contributed by atoms with van der Waals surface area (Å²) in [5.41, 5.74) is 8.19. The van der Waals surface area contributed by atoms with Gasteiger partial charge in [-0.1, -0.05) is 25.5 Å². The quantitative estimate of drug-likeness (QED) is 0.796. The molecule has 114 valence electrons. The highest BCUT2D eigenvalue weighted by molar-refractivity contribution is 5.38. The van der Waals surface area contributed by atoms with Crippen LogP contribution in [0.2, 0.25) is 0 Å². The van der Waals surface area contributed by atoms with Crippen LogP contribution in [-0.2, 0) is 7.05 Å². The highest BCUT2D eigenvalue weighted by Crippen LogP contribution is 2.28. The van der Waals surface area contributed by atoms with E-state index in [9.17, 15) is 0 Å². The van der Waals surface area contributed by atoms with Gasteiger partial charge in [-0.3, -0.25) is 4.68 Å². The molecule has 1 aromatic heterocycles. The standard InChI is InChI=1S/C16H23N3O2/c1-4-5-10-21-13-8-6-12(7-9-13)15(17)16-14(20-3)11-18-19(16)2/h6-9,11,15H,4-5,10,17H2,1-3H3. The Morgan fingerprint density at radius 1 is 1.29 bits per heavy atom. The molecule has 2 aromatic rings. The van der Waals surface area contributed by atoms with E-state index in [0.29, 0.717) is 5.75 Å². The minimum Gasteiger partial charge on any atom is -0.494 e. The fourth-order valence-electron chi connectivity index (χ4n) is 2.20. The van der Waals surface area contributed by atoms with Gasteiger partial charge in [0.2, 0.25) is 0 Å². The Hall–Kier alpha value is -2.01. The van der Waals surface area contributed by atoms with Gasteiger partial charge < -0.3 is 15.2 Å². The third-order valence-electron chi connectivity index (χ3n) is 3.47. The van der Waals surface area contributed by atoms with Gasteiger partial charge in [0.25, 0.3) is 0 Å². The zero-order chi connectivity index (χ0) is 15.2. The third kappa shape index (κ3) is 3.55. The second kappa shape index (κ2) is 7.13. The summed E-state index contributed by atoms with van der Waals surface area (Å²) >= 11 is 0. The zero-order valence-corrected chi connectivity index (χ0v) is 12.9. The number of hydrogen-bond donors (Lipinski definition) is 1. The van der Waals surface area contributed by atoms with Crippen LogP contribution < -0.4 is 15.2 Å². The fraction of sp³-hybridized carbons (Fsp3) is 0.438. The van der Waals surface area contributed by atoms with Crippen molar-refractivity contribution in [2.45, 2.75) is 25.8 Å². The predicted octanol–water partition coefficient (Wildman–Crippen LogP) is 2.66. The summed E-state index contributed by atoms with van der Waals surface area (Å²) in [7, 11) is 3.48. The summed E-state index contributed by atoms with van der Waals surface area (Å²) < 4.78 is 12.7. The Kier molecular flexibility index (Phi) is 5.22. The summed E-state index contributed by atoms with van der Waals surface area (Å²) in [6, 6.07) is 7.59. The molecule has 1 atom stereocenters. The number of unbranched alkanes of at least 4 members (excludes halogenated alkanes) is 1. The number of nitrogens with two attached hydrogens (primary N) is 1. The maximum Gasteiger partial charge on any atom is 0.161 e. The van der Waals surface area contributed by atoms with E-state index >= 15 is 0 Å². The molecule has 0 aliphatic rings. The molecule has 0 spiro atoms. The van der Waals surface area contributed by atoms with Crippen molar-refractivity contribution in [3.8, 4) is 11.5 Å². The minimum absolute atomic E-state index is 0.280. The Morgan fingerprint density at radius 2 is 2.00 bits per heavy atom. The van der Waals surface area contributed by atoms with Crippen molar-refractivity contribution >= 4 is 0 Å². The van der Waals surface area contributed by atoms with Crippen LogP contribution in [0.5, 0.6) is 11.5 Å². The van der Waals surface area contributed by atoms with Crippen LogP contribution in [0, 0.1) is 0 Å². The van der Waals surface area contributed by atoms with Crippen molar-refractivity contribution in [3.05, 3.63) is 41.7 Å². The van der Waals surface area contributed by atoms with Crippen molar-refractivity contribution in [1.82, 2.24) is 9.78 Å². The summed E-state index contributed by atoms with van der Waals surface area (Å²) in [6.07, 6.45) is 3.87. The van der Waals surface area contributed by atoms with Crippen LogP contribution in [0.25, 0.3) is 0 Å². The number of aromatic nitrogens is 2. The lowest BCUT2D eigenvalue weighted by Gasteiger charge is -2.15. The first-order chi connectivity index (χ1) is 10.2. The Bertz CT molecular complexity index is 563. The number of benzene rings is 1. The molecular formula is C16H23N3O2. The van der Waals surface area contributed by atoms with Gasteiger partial charge in [-0.2, -0.15) is 5.10 Å². The SMILES string of the molecule is CCCCOc1ccc(C(N)c2c(OC)cnn2C)cc1. The summed E-state index contributed by atoms with van der Waals surface area (Å²) in [4.78, 5) is 0. The van der Waals surface area contributed by atoms with E-state index in [2.05, 4.69) is 12.0 Å². The van der Waals surface area contributed by atoms with E-state index in [1.165, 1.54) is 0 Å². The van der Waals surface area contributed by atoms with Crippen LogP contribution >= 0.6 is 0 Å². The Balaban J connectivity index is 2.12. The third-order valence-corrected chi connectivity index (χ3v) is 3.47. The Morgan fingerprint density at radius 3 is 2.62 bits per heavy atom. The fourth-order valence-corrected chi connectivity index (χ4v) is 2.20. The molecule has 21 heavy (non-hydrogen) atoms. The predicted molar refractivity (Wildman–Crippen MR) is 82.6 cm³/mol. The van der Waals surface area contributed by atoms with Crippen molar-refractivity contribution < 1.29 is 9.47 Å². The molecule has 0 fully saturated rings. The van der Waals surface area contributed by atoms with Crippen LogP contribution in [0.4, 0.5) is 0 Å². The highest BCUT2D eigenvalue weighted by Gasteiger charge is 2.18. The van der Waals surface area contributed by atoms with Gasteiger partial charge in [-0.05, 0) is 24.1 Å². The van der Waals surface area contributed by atoms with Crippen molar-refractivity contribution in [2.24, 2.45) is 12.8 Å². The maximum absolute atomic E-state index is 6.33. The molecule has 1 unspecified atom stereocenters. The van der Waals surface area contributed by atoms with E-state index < -0.39 is 0 Å². The van der Waals surface area contributed by atoms with E-state index in [1.807, 2.05) is 31.3 Å².